The molecule has 1 rings (SSSR count). The van der Waals surface area contributed by atoms with Crippen molar-refractivity contribution >= 4 is 17.5 Å². The molecule has 0 spiro atoms. The van der Waals surface area contributed by atoms with Gasteiger partial charge in [-0.3, -0.25) is 4.79 Å². The van der Waals surface area contributed by atoms with E-state index in [1.807, 2.05) is 24.3 Å². The van der Waals surface area contributed by atoms with Gasteiger partial charge in [0, 0.05) is 18.0 Å². The van der Waals surface area contributed by atoms with Gasteiger partial charge in [0.2, 0.25) is 0 Å². The van der Waals surface area contributed by atoms with Crippen LogP contribution in [0.4, 0.5) is 0 Å². The zero-order valence-electron chi connectivity index (χ0n) is 11.1. The molecule has 4 heteroatoms. The minimum Gasteiger partial charge on any atom is -0.352 e. The molecule has 0 aliphatic heterocycles. The largest absolute Gasteiger partial charge is 0.352 e. The molecule has 0 radical (unpaired) electrons. The SMILES string of the molecule is CN(C)CCCCNC(=O)c1cccc(CCl)c1. The summed E-state index contributed by atoms with van der Waals surface area (Å²) in [6.45, 7) is 1.77. The van der Waals surface area contributed by atoms with Crippen molar-refractivity contribution in [2.24, 2.45) is 0 Å². The van der Waals surface area contributed by atoms with Gasteiger partial charge in [-0.05, 0) is 51.2 Å². The van der Waals surface area contributed by atoms with Crippen LogP contribution in [0.15, 0.2) is 24.3 Å². The van der Waals surface area contributed by atoms with Crippen molar-refractivity contribution < 1.29 is 4.79 Å². The Hall–Kier alpha value is -1.06. The van der Waals surface area contributed by atoms with E-state index in [1.54, 1.807) is 0 Å². The number of nitrogens with one attached hydrogen (secondary N) is 1. The molecule has 0 saturated carbocycles. The van der Waals surface area contributed by atoms with E-state index in [0.29, 0.717) is 11.4 Å². The lowest BCUT2D eigenvalue weighted by Crippen LogP contribution is -2.25. The number of hydrogen-bond donors (Lipinski definition) is 1. The van der Waals surface area contributed by atoms with Crippen molar-refractivity contribution in [1.29, 1.82) is 0 Å². The number of carbonyl (C=O) groups is 1. The number of unbranched alkanes of at least 4 members (excludes halogenated alkanes) is 1. The van der Waals surface area contributed by atoms with Crippen molar-refractivity contribution in [2.45, 2.75) is 18.7 Å². The lowest BCUT2D eigenvalue weighted by atomic mass is 10.1. The molecule has 0 saturated heterocycles. The van der Waals surface area contributed by atoms with Crippen molar-refractivity contribution in [3.8, 4) is 0 Å². The van der Waals surface area contributed by atoms with Crippen molar-refractivity contribution in [3.05, 3.63) is 35.4 Å². The predicted octanol–water partition coefficient (Wildman–Crippen LogP) is 2.50. The molecular formula is C14H21ClN2O. The maximum atomic E-state index is 11.8. The number of hydrogen-bond acceptors (Lipinski definition) is 2. The van der Waals surface area contributed by atoms with E-state index in [0.717, 1.165) is 31.5 Å². The molecular weight excluding hydrogens is 248 g/mol. The van der Waals surface area contributed by atoms with Crippen LogP contribution in [-0.2, 0) is 5.88 Å². The fraction of sp³-hybridized carbons (Fsp3) is 0.500. The molecule has 1 amide bonds. The van der Waals surface area contributed by atoms with Crippen LogP contribution in [0.3, 0.4) is 0 Å². The number of nitrogens with zero attached hydrogens (tertiary/aromatic N) is 1. The zero-order valence-corrected chi connectivity index (χ0v) is 11.8. The van der Waals surface area contributed by atoms with Crippen LogP contribution in [0.2, 0.25) is 0 Å². The van der Waals surface area contributed by atoms with Crippen LogP contribution in [0.25, 0.3) is 0 Å². The predicted molar refractivity (Wildman–Crippen MR) is 76.1 cm³/mol. The maximum Gasteiger partial charge on any atom is 0.251 e. The number of halogens is 1. The minimum atomic E-state index is -0.0215. The van der Waals surface area contributed by atoms with Gasteiger partial charge in [0.1, 0.15) is 0 Å². The monoisotopic (exact) mass is 268 g/mol. The van der Waals surface area contributed by atoms with Gasteiger partial charge < -0.3 is 10.2 Å². The first-order valence-electron chi connectivity index (χ1n) is 6.21. The van der Waals surface area contributed by atoms with Gasteiger partial charge in [0.25, 0.3) is 5.91 Å². The van der Waals surface area contributed by atoms with E-state index >= 15 is 0 Å². The topological polar surface area (TPSA) is 32.3 Å². The van der Waals surface area contributed by atoms with Gasteiger partial charge >= 0.3 is 0 Å². The minimum absolute atomic E-state index is 0.0215. The first-order valence-corrected chi connectivity index (χ1v) is 6.75. The quantitative estimate of drug-likeness (QED) is 0.609. The molecule has 0 bridgehead atoms. The lowest BCUT2D eigenvalue weighted by Gasteiger charge is -2.09. The summed E-state index contributed by atoms with van der Waals surface area (Å²) in [6, 6.07) is 7.42. The number of rotatable bonds is 7. The van der Waals surface area contributed by atoms with Crippen LogP contribution in [0.1, 0.15) is 28.8 Å². The highest BCUT2D eigenvalue weighted by Crippen LogP contribution is 2.07. The first-order chi connectivity index (χ1) is 8.63. The molecule has 0 fully saturated rings. The third kappa shape index (κ3) is 5.52. The van der Waals surface area contributed by atoms with Crippen LogP contribution < -0.4 is 5.32 Å². The van der Waals surface area contributed by atoms with E-state index in [2.05, 4.69) is 24.3 Å². The summed E-state index contributed by atoms with van der Waals surface area (Å²) in [5, 5.41) is 2.92. The fourth-order valence-corrected chi connectivity index (χ4v) is 1.82. The first kappa shape index (κ1) is 15.0. The third-order valence-electron chi connectivity index (χ3n) is 2.66. The Labute approximate surface area is 114 Å². The second-order valence-electron chi connectivity index (χ2n) is 4.60. The zero-order chi connectivity index (χ0) is 13.4. The Morgan fingerprint density at radius 1 is 1.33 bits per heavy atom. The van der Waals surface area contributed by atoms with E-state index in [1.165, 1.54) is 0 Å². The maximum absolute atomic E-state index is 11.8. The number of amides is 1. The summed E-state index contributed by atoms with van der Waals surface area (Å²) in [7, 11) is 4.10. The Kier molecular flexibility index (Phi) is 6.76. The highest BCUT2D eigenvalue weighted by molar-refractivity contribution is 6.17. The standard InChI is InChI=1S/C14H21ClN2O/c1-17(2)9-4-3-8-16-14(18)13-7-5-6-12(10-13)11-15/h5-7,10H,3-4,8-9,11H2,1-2H3,(H,16,18). The molecule has 0 aromatic heterocycles. The normalized spacial score (nSPS) is 10.7. The average molecular weight is 269 g/mol. The summed E-state index contributed by atoms with van der Waals surface area (Å²) in [6.07, 6.45) is 2.09. The molecule has 0 atom stereocenters. The molecule has 0 unspecified atom stereocenters. The molecule has 1 aromatic carbocycles. The molecule has 100 valence electrons. The van der Waals surface area contributed by atoms with Crippen LogP contribution in [0.5, 0.6) is 0 Å². The smallest absolute Gasteiger partial charge is 0.251 e. The highest BCUT2D eigenvalue weighted by Gasteiger charge is 2.04. The summed E-state index contributed by atoms with van der Waals surface area (Å²) in [4.78, 5) is 14.0. The van der Waals surface area contributed by atoms with Crippen LogP contribution in [0, 0.1) is 0 Å². The average Bonchev–Trinajstić information content (AvgIpc) is 2.37. The lowest BCUT2D eigenvalue weighted by molar-refractivity contribution is 0.0952. The van der Waals surface area contributed by atoms with Gasteiger partial charge in [-0.1, -0.05) is 12.1 Å². The van der Waals surface area contributed by atoms with Gasteiger partial charge in [-0.15, -0.1) is 11.6 Å². The summed E-state index contributed by atoms with van der Waals surface area (Å²) in [5.74, 6) is 0.413. The number of alkyl halides is 1. The second-order valence-corrected chi connectivity index (χ2v) is 4.87. The molecule has 0 aliphatic rings. The fourth-order valence-electron chi connectivity index (χ4n) is 1.65. The van der Waals surface area contributed by atoms with E-state index in [-0.39, 0.29) is 5.91 Å². The molecule has 18 heavy (non-hydrogen) atoms. The van der Waals surface area contributed by atoms with Crippen LogP contribution in [-0.4, -0.2) is 38.0 Å². The number of benzene rings is 1. The van der Waals surface area contributed by atoms with Gasteiger partial charge in [-0.2, -0.15) is 0 Å². The van der Waals surface area contributed by atoms with Crippen molar-refractivity contribution in [3.63, 3.8) is 0 Å². The molecule has 3 nitrogen and oxygen atoms in total. The second kappa shape index (κ2) is 8.11. The summed E-state index contributed by atoms with van der Waals surface area (Å²) >= 11 is 5.74. The Balaban J connectivity index is 2.31. The van der Waals surface area contributed by atoms with Gasteiger partial charge in [0.15, 0.2) is 0 Å². The van der Waals surface area contributed by atoms with E-state index in [9.17, 15) is 4.79 Å². The van der Waals surface area contributed by atoms with E-state index < -0.39 is 0 Å². The highest BCUT2D eigenvalue weighted by atomic mass is 35.5. The molecule has 0 heterocycles. The Morgan fingerprint density at radius 3 is 2.78 bits per heavy atom. The molecule has 1 N–H and O–H groups in total. The molecule has 0 aliphatic carbocycles. The Bertz CT molecular complexity index is 380. The van der Waals surface area contributed by atoms with Gasteiger partial charge in [0.05, 0.1) is 0 Å². The van der Waals surface area contributed by atoms with Crippen molar-refractivity contribution in [1.82, 2.24) is 10.2 Å². The van der Waals surface area contributed by atoms with Crippen molar-refractivity contribution in [2.75, 3.05) is 27.2 Å². The third-order valence-corrected chi connectivity index (χ3v) is 2.97. The Morgan fingerprint density at radius 2 is 2.11 bits per heavy atom. The van der Waals surface area contributed by atoms with Gasteiger partial charge in [-0.25, -0.2) is 0 Å². The number of carbonyl (C=O) groups excluding carboxylic acids is 1. The summed E-state index contributed by atoms with van der Waals surface area (Å²) in [5.41, 5.74) is 1.65. The molecule has 1 aromatic rings. The van der Waals surface area contributed by atoms with E-state index in [4.69, 9.17) is 11.6 Å². The van der Waals surface area contributed by atoms with Crippen LogP contribution >= 0.6 is 11.6 Å². The summed E-state index contributed by atoms with van der Waals surface area (Å²) < 4.78 is 0.